The summed E-state index contributed by atoms with van der Waals surface area (Å²) in [4.78, 5) is 36.2. The van der Waals surface area contributed by atoms with Gasteiger partial charge in [-0.3, -0.25) is 10.1 Å². The molecule has 2 aromatic carbocycles. The quantitative estimate of drug-likeness (QED) is 0.706. The molecule has 8 heteroatoms. The zero-order valence-corrected chi connectivity index (χ0v) is 16.4. The van der Waals surface area contributed by atoms with Gasteiger partial charge in [0, 0.05) is 5.69 Å². The number of urea groups is 1. The predicted octanol–water partition coefficient (Wildman–Crippen LogP) is 4.91. The van der Waals surface area contributed by atoms with Gasteiger partial charge in [-0.2, -0.15) is 0 Å². The van der Waals surface area contributed by atoms with Crippen LogP contribution in [0.5, 0.6) is 0 Å². The maximum Gasteiger partial charge on any atom is 0.340 e. The van der Waals surface area contributed by atoms with E-state index in [4.69, 9.17) is 27.9 Å². The molecule has 2 aromatic rings. The van der Waals surface area contributed by atoms with Crippen LogP contribution >= 0.6 is 23.2 Å². The van der Waals surface area contributed by atoms with Crippen molar-refractivity contribution < 1.29 is 19.1 Å². The minimum Gasteiger partial charge on any atom is -0.456 e. The van der Waals surface area contributed by atoms with Crippen molar-refractivity contribution in [2.75, 3.05) is 5.32 Å². The normalized spacial score (nSPS) is 10.9. The van der Waals surface area contributed by atoms with Crippen molar-refractivity contribution in [2.45, 2.75) is 26.4 Å². The molecule has 27 heavy (non-hydrogen) atoms. The molecule has 0 unspecified atom stereocenters. The summed E-state index contributed by atoms with van der Waals surface area (Å²) < 4.78 is 5.26. The molecule has 0 spiro atoms. The van der Waals surface area contributed by atoms with E-state index in [1.807, 2.05) is 0 Å². The molecule has 0 heterocycles. The molecule has 6 nitrogen and oxygen atoms in total. The summed E-state index contributed by atoms with van der Waals surface area (Å²) in [6, 6.07) is 9.89. The van der Waals surface area contributed by atoms with E-state index >= 15 is 0 Å². The Balaban J connectivity index is 2.04. The highest BCUT2D eigenvalue weighted by atomic mass is 35.5. The van der Waals surface area contributed by atoms with Crippen molar-refractivity contribution in [3.05, 3.63) is 63.6 Å². The number of hydrogen-bond donors (Lipinski definition) is 2. The van der Waals surface area contributed by atoms with Gasteiger partial charge in [0.15, 0.2) is 0 Å². The highest BCUT2D eigenvalue weighted by Crippen LogP contribution is 2.23. The van der Waals surface area contributed by atoms with Gasteiger partial charge >= 0.3 is 12.0 Å². The second-order valence-electron chi connectivity index (χ2n) is 6.58. The van der Waals surface area contributed by atoms with E-state index < -0.39 is 23.5 Å². The van der Waals surface area contributed by atoms with Crippen molar-refractivity contribution in [1.82, 2.24) is 5.32 Å². The third kappa shape index (κ3) is 5.98. The molecule has 0 fully saturated rings. The van der Waals surface area contributed by atoms with E-state index in [9.17, 15) is 14.4 Å². The molecule has 0 saturated heterocycles. The number of imide groups is 1. The van der Waals surface area contributed by atoms with E-state index in [0.717, 1.165) is 0 Å². The minimum absolute atomic E-state index is 0.111. The lowest BCUT2D eigenvalue weighted by molar-refractivity contribution is 0.00696. The van der Waals surface area contributed by atoms with E-state index in [-0.39, 0.29) is 21.2 Å². The molecule has 2 N–H and O–H groups in total. The molecule has 0 radical (unpaired) electrons. The second kappa shape index (κ2) is 8.41. The highest BCUT2D eigenvalue weighted by molar-refractivity contribution is 6.34. The van der Waals surface area contributed by atoms with Gasteiger partial charge in [-0.15, -0.1) is 0 Å². The van der Waals surface area contributed by atoms with Crippen LogP contribution in [0.15, 0.2) is 42.5 Å². The summed E-state index contributed by atoms with van der Waals surface area (Å²) in [5, 5.41) is 4.97. The molecule has 0 aliphatic carbocycles. The molecule has 0 atom stereocenters. The van der Waals surface area contributed by atoms with Crippen molar-refractivity contribution in [2.24, 2.45) is 0 Å². The van der Waals surface area contributed by atoms with Gasteiger partial charge in [0.2, 0.25) is 0 Å². The standard InChI is InChI=1S/C19H18Cl2N2O4/c1-19(2,3)27-17(25)13-9-8-11(10-15(13)21)22-18(26)23-16(24)12-6-4-5-7-14(12)20/h4-10H,1-3H3,(H2,22,23,24,26). The van der Waals surface area contributed by atoms with E-state index in [0.29, 0.717) is 5.69 Å². The summed E-state index contributed by atoms with van der Waals surface area (Å²) in [6.45, 7) is 5.24. The van der Waals surface area contributed by atoms with Crippen LogP contribution in [0.4, 0.5) is 10.5 Å². The van der Waals surface area contributed by atoms with Crippen LogP contribution in [-0.4, -0.2) is 23.5 Å². The number of nitrogens with one attached hydrogen (secondary N) is 2. The third-order valence-electron chi connectivity index (χ3n) is 3.19. The summed E-state index contributed by atoms with van der Waals surface area (Å²) in [7, 11) is 0. The average Bonchev–Trinajstić information content (AvgIpc) is 2.53. The molecule has 0 aliphatic heterocycles. The summed E-state index contributed by atoms with van der Waals surface area (Å²) in [5.74, 6) is -1.22. The Bertz CT molecular complexity index is 892. The first-order chi connectivity index (χ1) is 12.6. The van der Waals surface area contributed by atoms with Gasteiger partial charge in [0.25, 0.3) is 5.91 Å². The number of rotatable bonds is 3. The summed E-state index contributed by atoms with van der Waals surface area (Å²) in [6.07, 6.45) is 0. The van der Waals surface area contributed by atoms with E-state index in [1.54, 1.807) is 39.0 Å². The number of anilines is 1. The van der Waals surface area contributed by atoms with Crippen molar-refractivity contribution >= 4 is 46.8 Å². The van der Waals surface area contributed by atoms with Crippen LogP contribution in [-0.2, 0) is 4.74 Å². The first-order valence-corrected chi connectivity index (χ1v) is 8.72. The number of amides is 3. The Labute approximate surface area is 166 Å². The fourth-order valence-electron chi connectivity index (χ4n) is 2.07. The first-order valence-electron chi connectivity index (χ1n) is 7.96. The largest absolute Gasteiger partial charge is 0.456 e. The maximum absolute atomic E-state index is 12.1. The van der Waals surface area contributed by atoms with Crippen LogP contribution in [0.25, 0.3) is 0 Å². The van der Waals surface area contributed by atoms with Gasteiger partial charge in [-0.1, -0.05) is 35.3 Å². The fourth-order valence-corrected chi connectivity index (χ4v) is 2.55. The van der Waals surface area contributed by atoms with E-state index in [2.05, 4.69) is 10.6 Å². The molecular weight excluding hydrogens is 391 g/mol. The molecule has 0 aromatic heterocycles. The Morgan fingerprint density at radius 3 is 2.19 bits per heavy atom. The van der Waals surface area contributed by atoms with E-state index in [1.165, 1.54) is 24.3 Å². The van der Waals surface area contributed by atoms with Gasteiger partial charge in [0.05, 0.1) is 21.2 Å². The highest BCUT2D eigenvalue weighted by Gasteiger charge is 2.20. The molecule has 142 valence electrons. The predicted molar refractivity (Wildman–Crippen MR) is 105 cm³/mol. The lowest BCUT2D eigenvalue weighted by Crippen LogP contribution is -2.34. The van der Waals surface area contributed by atoms with Gasteiger partial charge < -0.3 is 10.1 Å². The van der Waals surface area contributed by atoms with Gasteiger partial charge in [0.1, 0.15) is 5.60 Å². The number of ether oxygens (including phenoxy) is 1. The van der Waals surface area contributed by atoms with Crippen LogP contribution in [0.2, 0.25) is 10.0 Å². The van der Waals surface area contributed by atoms with Crippen LogP contribution < -0.4 is 10.6 Å². The zero-order chi connectivity index (χ0) is 20.2. The summed E-state index contributed by atoms with van der Waals surface area (Å²) >= 11 is 12.0. The molecule has 0 bridgehead atoms. The smallest absolute Gasteiger partial charge is 0.340 e. The van der Waals surface area contributed by atoms with Crippen molar-refractivity contribution in [1.29, 1.82) is 0 Å². The number of carbonyl (C=O) groups excluding carboxylic acids is 3. The molecule has 3 amide bonds. The van der Waals surface area contributed by atoms with Crippen molar-refractivity contribution in [3.63, 3.8) is 0 Å². The number of hydrogen-bond acceptors (Lipinski definition) is 4. The Kier molecular flexibility index (Phi) is 6.46. The Morgan fingerprint density at radius 2 is 1.59 bits per heavy atom. The van der Waals surface area contributed by atoms with Gasteiger partial charge in [-0.25, -0.2) is 9.59 Å². The Morgan fingerprint density at radius 1 is 0.926 bits per heavy atom. The van der Waals surface area contributed by atoms with Gasteiger partial charge in [-0.05, 0) is 51.1 Å². The van der Waals surface area contributed by atoms with Crippen LogP contribution in [0, 0.1) is 0 Å². The first kappa shape index (κ1) is 20.7. The van der Waals surface area contributed by atoms with Crippen LogP contribution in [0.3, 0.4) is 0 Å². The monoisotopic (exact) mass is 408 g/mol. The number of halogens is 2. The fraction of sp³-hybridized carbons (Fsp3) is 0.211. The lowest BCUT2D eigenvalue weighted by atomic mass is 10.1. The number of esters is 1. The SMILES string of the molecule is CC(C)(C)OC(=O)c1ccc(NC(=O)NC(=O)c2ccccc2Cl)cc1Cl. The molecule has 0 saturated carbocycles. The second-order valence-corrected chi connectivity index (χ2v) is 7.40. The lowest BCUT2D eigenvalue weighted by Gasteiger charge is -2.20. The molecule has 2 rings (SSSR count). The third-order valence-corrected chi connectivity index (χ3v) is 3.83. The number of benzene rings is 2. The summed E-state index contributed by atoms with van der Waals surface area (Å²) in [5.41, 5.74) is -0.00916. The zero-order valence-electron chi connectivity index (χ0n) is 14.9. The van der Waals surface area contributed by atoms with Crippen LogP contribution in [0.1, 0.15) is 41.5 Å². The maximum atomic E-state index is 12.1. The molecular formula is C19H18Cl2N2O4. The molecule has 0 aliphatic rings. The topological polar surface area (TPSA) is 84.5 Å². The minimum atomic E-state index is -0.763. The Hall–Kier alpha value is -2.57. The number of carbonyl (C=O) groups is 3. The van der Waals surface area contributed by atoms with Crippen molar-refractivity contribution in [3.8, 4) is 0 Å². The average molecular weight is 409 g/mol.